The molecular weight excluding hydrogens is 310 g/mol. The number of aromatic nitrogens is 2. The van der Waals surface area contributed by atoms with E-state index in [1.807, 2.05) is 53.1 Å². The van der Waals surface area contributed by atoms with Crippen molar-refractivity contribution in [2.75, 3.05) is 7.05 Å². The molecule has 0 unspecified atom stereocenters. The monoisotopic (exact) mass is 327 g/mol. The van der Waals surface area contributed by atoms with Gasteiger partial charge in [-0.2, -0.15) is 0 Å². The van der Waals surface area contributed by atoms with Crippen molar-refractivity contribution in [3.05, 3.63) is 65.4 Å². The zero-order valence-electron chi connectivity index (χ0n) is 12.9. The fraction of sp³-hybridized carbons (Fsp3) is 0.222. The van der Waals surface area contributed by atoms with E-state index in [1.54, 1.807) is 18.3 Å². The number of nitrogens with zero attached hydrogens (tertiary/aromatic N) is 3. The van der Waals surface area contributed by atoms with Crippen LogP contribution in [-0.2, 0) is 17.9 Å². The van der Waals surface area contributed by atoms with Crippen LogP contribution in [0.5, 0.6) is 0 Å². The molecule has 0 atom stereocenters. The number of carbonyl (C=O) groups is 1. The van der Waals surface area contributed by atoms with Crippen LogP contribution in [0.3, 0.4) is 0 Å². The number of aryl methyl sites for hydroxylation is 1. The maximum absolute atomic E-state index is 12.3. The molecule has 2 aromatic carbocycles. The molecule has 23 heavy (non-hydrogen) atoms. The highest BCUT2D eigenvalue weighted by Crippen LogP contribution is 2.17. The third-order valence-corrected chi connectivity index (χ3v) is 4.25. The first kappa shape index (κ1) is 15.6. The first-order valence-electron chi connectivity index (χ1n) is 7.52. The van der Waals surface area contributed by atoms with Crippen LogP contribution >= 0.6 is 11.6 Å². The maximum Gasteiger partial charge on any atom is 0.224 e. The Bertz CT molecular complexity index is 828. The fourth-order valence-electron chi connectivity index (χ4n) is 2.57. The Morgan fingerprint density at radius 2 is 1.91 bits per heavy atom. The van der Waals surface area contributed by atoms with E-state index in [4.69, 9.17) is 11.6 Å². The largest absolute Gasteiger partial charge is 0.341 e. The van der Waals surface area contributed by atoms with Crippen LogP contribution in [0.25, 0.3) is 11.0 Å². The molecule has 3 rings (SSSR count). The molecule has 0 radical (unpaired) electrons. The second kappa shape index (κ2) is 6.84. The molecule has 4 nitrogen and oxygen atoms in total. The summed E-state index contributed by atoms with van der Waals surface area (Å²) in [5.74, 6) is 0.0858. The summed E-state index contributed by atoms with van der Waals surface area (Å²) in [7, 11) is 1.80. The number of benzene rings is 2. The molecule has 1 amide bonds. The molecule has 5 heteroatoms. The van der Waals surface area contributed by atoms with Crippen LogP contribution in [0.2, 0.25) is 5.02 Å². The van der Waals surface area contributed by atoms with Crippen molar-refractivity contribution < 1.29 is 4.79 Å². The van der Waals surface area contributed by atoms with Crippen molar-refractivity contribution in [3.8, 4) is 0 Å². The van der Waals surface area contributed by atoms with E-state index in [-0.39, 0.29) is 5.91 Å². The SMILES string of the molecule is CN(Cc1ccccc1Cl)C(=O)CCn1cnc2ccccc21. The third kappa shape index (κ3) is 3.54. The van der Waals surface area contributed by atoms with Gasteiger partial charge in [0.15, 0.2) is 0 Å². The van der Waals surface area contributed by atoms with Gasteiger partial charge in [0, 0.05) is 31.6 Å². The number of amides is 1. The zero-order valence-corrected chi connectivity index (χ0v) is 13.7. The minimum atomic E-state index is 0.0858. The van der Waals surface area contributed by atoms with Gasteiger partial charge in [-0.1, -0.05) is 41.9 Å². The molecule has 0 aliphatic rings. The van der Waals surface area contributed by atoms with Gasteiger partial charge in [-0.05, 0) is 23.8 Å². The molecule has 1 aromatic heterocycles. The number of carbonyl (C=O) groups excluding carboxylic acids is 1. The van der Waals surface area contributed by atoms with E-state index in [9.17, 15) is 4.79 Å². The normalized spacial score (nSPS) is 10.9. The second-order valence-electron chi connectivity index (χ2n) is 5.52. The van der Waals surface area contributed by atoms with Crippen LogP contribution in [0.1, 0.15) is 12.0 Å². The lowest BCUT2D eigenvalue weighted by atomic mass is 10.2. The minimum absolute atomic E-state index is 0.0858. The zero-order chi connectivity index (χ0) is 16.2. The number of halogens is 1. The van der Waals surface area contributed by atoms with Crippen LogP contribution in [0, 0.1) is 0 Å². The van der Waals surface area contributed by atoms with Crippen molar-refractivity contribution in [1.82, 2.24) is 14.5 Å². The standard InChI is InChI=1S/C18H18ClN3O/c1-21(12-14-6-2-3-7-15(14)19)18(23)10-11-22-13-20-16-8-4-5-9-17(16)22/h2-9,13H,10-12H2,1H3. The summed E-state index contributed by atoms with van der Waals surface area (Å²) >= 11 is 6.15. The van der Waals surface area contributed by atoms with Gasteiger partial charge in [0.2, 0.25) is 5.91 Å². The lowest BCUT2D eigenvalue weighted by molar-refractivity contribution is -0.130. The molecule has 3 aromatic rings. The van der Waals surface area contributed by atoms with Crippen molar-refractivity contribution >= 4 is 28.5 Å². The number of fused-ring (bicyclic) bond motifs is 1. The van der Waals surface area contributed by atoms with Gasteiger partial charge in [0.25, 0.3) is 0 Å². The van der Waals surface area contributed by atoms with Crippen molar-refractivity contribution in [1.29, 1.82) is 0 Å². The van der Waals surface area contributed by atoms with Gasteiger partial charge in [0.1, 0.15) is 0 Å². The number of hydrogen-bond donors (Lipinski definition) is 0. The van der Waals surface area contributed by atoms with Crippen molar-refractivity contribution in [2.45, 2.75) is 19.5 Å². The van der Waals surface area contributed by atoms with E-state index in [0.717, 1.165) is 16.6 Å². The molecule has 0 saturated heterocycles. The molecule has 1 heterocycles. The van der Waals surface area contributed by atoms with Gasteiger partial charge >= 0.3 is 0 Å². The number of hydrogen-bond acceptors (Lipinski definition) is 2. The van der Waals surface area contributed by atoms with Gasteiger partial charge in [-0.25, -0.2) is 4.98 Å². The highest BCUT2D eigenvalue weighted by atomic mass is 35.5. The number of imidazole rings is 1. The van der Waals surface area contributed by atoms with Crippen molar-refractivity contribution in [3.63, 3.8) is 0 Å². The Morgan fingerprint density at radius 1 is 1.17 bits per heavy atom. The van der Waals surface area contributed by atoms with E-state index in [0.29, 0.717) is 24.5 Å². The van der Waals surface area contributed by atoms with Gasteiger partial charge in [-0.3, -0.25) is 4.79 Å². The summed E-state index contributed by atoms with van der Waals surface area (Å²) in [6.45, 7) is 1.13. The van der Waals surface area contributed by atoms with Gasteiger partial charge in [-0.15, -0.1) is 0 Å². The van der Waals surface area contributed by atoms with Gasteiger partial charge < -0.3 is 9.47 Å². The first-order chi connectivity index (χ1) is 11.1. The highest BCUT2D eigenvalue weighted by Gasteiger charge is 2.11. The quantitative estimate of drug-likeness (QED) is 0.716. The van der Waals surface area contributed by atoms with E-state index in [2.05, 4.69) is 4.98 Å². The number of rotatable bonds is 5. The maximum atomic E-state index is 12.3. The summed E-state index contributed by atoms with van der Waals surface area (Å²) in [5.41, 5.74) is 2.96. The Morgan fingerprint density at radius 3 is 2.74 bits per heavy atom. The summed E-state index contributed by atoms with van der Waals surface area (Å²) in [5, 5.41) is 0.688. The van der Waals surface area contributed by atoms with Crippen molar-refractivity contribution in [2.24, 2.45) is 0 Å². The Kier molecular flexibility index (Phi) is 4.63. The molecule has 0 spiro atoms. The summed E-state index contributed by atoms with van der Waals surface area (Å²) < 4.78 is 2.01. The fourth-order valence-corrected chi connectivity index (χ4v) is 2.76. The van der Waals surface area contributed by atoms with E-state index < -0.39 is 0 Å². The van der Waals surface area contributed by atoms with Crippen LogP contribution in [-0.4, -0.2) is 27.4 Å². The molecule has 0 aliphatic carbocycles. The molecule has 0 fully saturated rings. The molecule has 0 saturated carbocycles. The Labute approximate surface area is 140 Å². The summed E-state index contributed by atoms with van der Waals surface area (Å²) in [4.78, 5) is 18.4. The Hall–Kier alpha value is -2.33. The second-order valence-corrected chi connectivity index (χ2v) is 5.93. The predicted molar refractivity (Wildman–Crippen MR) is 92.3 cm³/mol. The van der Waals surface area contributed by atoms with E-state index >= 15 is 0 Å². The molecule has 0 N–H and O–H groups in total. The lowest BCUT2D eigenvalue weighted by Gasteiger charge is -2.18. The molecular formula is C18H18ClN3O. The smallest absolute Gasteiger partial charge is 0.224 e. The van der Waals surface area contributed by atoms with Gasteiger partial charge in [0.05, 0.1) is 17.4 Å². The lowest BCUT2D eigenvalue weighted by Crippen LogP contribution is -2.27. The molecule has 0 bridgehead atoms. The minimum Gasteiger partial charge on any atom is -0.341 e. The van der Waals surface area contributed by atoms with E-state index in [1.165, 1.54) is 0 Å². The van der Waals surface area contributed by atoms with Crippen LogP contribution in [0.4, 0.5) is 0 Å². The topological polar surface area (TPSA) is 38.1 Å². The third-order valence-electron chi connectivity index (χ3n) is 3.89. The number of para-hydroxylation sites is 2. The Balaban J connectivity index is 1.62. The molecule has 118 valence electrons. The first-order valence-corrected chi connectivity index (χ1v) is 7.90. The highest BCUT2D eigenvalue weighted by molar-refractivity contribution is 6.31. The average molecular weight is 328 g/mol. The average Bonchev–Trinajstić information content (AvgIpc) is 2.98. The van der Waals surface area contributed by atoms with Crippen LogP contribution < -0.4 is 0 Å². The summed E-state index contributed by atoms with van der Waals surface area (Å²) in [6, 6.07) is 15.5. The molecule has 0 aliphatic heterocycles. The summed E-state index contributed by atoms with van der Waals surface area (Å²) in [6.07, 6.45) is 2.22. The van der Waals surface area contributed by atoms with Crippen LogP contribution in [0.15, 0.2) is 54.9 Å². The predicted octanol–water partition coefficient (Wildman–Crippen LogP) is 3.74.